The lowest BCUT2D eigenvalue weighted by Gasteiger charge is -2.20. The van der Waals surface area contributed by atoms with Crippen LogP contribution in [0.25, 0.3) is 0 Å². The standard InChI is InChI=1S/C9H13N3O/c13-9(8-5-11-12-6-8)7-2-1-3-10-4-7/h5-7,10H,1-4H2,(H,11,12). The van der Waals surface area contributed by atoms with Crippen molar-refractivity contribution >= 4 is 5.78 Å². The van der Waals surface area contributed by atoms with Crippen LogP contribution >= 0.6 is 0 Å². The molecule has 1 aliphatic rings. The summed E-state index contributed by atoms with van der Waals surface area (Å²) >= 11 is 0. The van der Waals surface area contributed by atoms with E-state index in [2.05, 4.69) is 15.5 Å². The maximum absolute atomic E-state index is 11.8. The fourth-order valence-corrected chi connectivity index (χ4v) is 1.70. The third kappa shape index (κ3) is 1.78. The first-order chi connectivity index (χ1) is 6.38. The summed E-state index contributed by atoms with van der Waals surface area (Å²) in [4.78, 5) is 11.8. The van der Waals surface area contributed by atoms with Gasteiger partial charge in [-0.05, 0) is 19.4 Å². The number of hydrogen-bond donors (Lipinski definition) is 2. The Kier molecular flexibility index (Phi) is 2.40. The molecule has 0 spiro atoms. The first kappa shape index (κ1) is 8.44. The number of nitrogens with one attached hydrogen (secondary N) is 2. The summed E-state index contributed by atoms with van der Waals surface area (Å²) in [5.74, 6) is 0.354. The van der Waals surface area contributed by atoms with Crippen LogP contribution in [0.4, 0.5) is 0 Å². The van der Waals surface area contributed by atoms with Crippen LogP contribution in [-0.4, -0.2) is 29.1 Å². The van der Waals surface area contributed by atoms with Crippen molar-refractivity contribution in [1.82, 2.24) is 15.5 Å². The molecule has 0 amide bonds. The third-order valence-corrected chi connectivity index (χ3v) is 2.45. The molecule has 13 heavy (non-hydrogen) atoms. The van der Waals surface area contributed by atoms with Gasteiger partial charge in [-0.3, -0.25) is 9.89 Å². The molecule has 1 aromatic heterocycles. The van der Waals surface area contributed by atoms with Gasteiger partial charge in [-0.2, -0.15) is 5.10 Å². The molecule has 2 heterocycles. The highest BCUT2D eigenvalue weighted by atomic mass is 16.1. The molecule has 1 fully saturated rings. The molecule has 4 heteroatoms. The topological polar surface area (TPSA) is 57.8 Å². The lowest BCUT2D eigenvalue weighted by molar-refractivity contribution is 0.0900. The van der Waals surface area contributed by atoms with Crippen LogP contribution in [0, 0.1) is 5.92 Å². The molecule has 0 aliphatic carbocycles. The van der Waals surface area contributed by atoms with Gasteiger partial charge in [0.05, 0.1) is 11.8 Å². The van der Waals surface area contributed by atoms with E-state index in [-0.39, 0.29) is 11.7 Å². The Morgan fingerprint density at radius 1 is 1.62 bits per heavy atom. The van der Waals surface area contributed by atoms with Crippen LogP contribution in [0.5, 0.6) is 0 Å². The molecule has 0 saturated carbocycles. The van der Waals surface area contributed by atoms with Gasteiger partial charge in [-0.15, -0.1) is 0 Å². The first-order valence-electron chi connectivity index (χ1n) is 4.61. The second-order valence-electron chi connectivity index (χ2n) is 3.39. The second kappa shape index (κ2) is 3.70. The number of H-pyrrole nitrogens is 1. The molecule has 0 radical (unpaired) electrons. The quantitative estimate of drug-likeness (QED) is 0.653. The Bertz CT molecular complexity index is 275. The van der Waals surface area contributed by atoms with Gasteiger partial charge < -0.3 is 5.32 Å². The maximum Gasteiger partial charge on any atom is 0.170 e. The molecule has 2 N–H and O–H groups in total. The number of rotatable bonds is 2. The average molecular weight is 179 g/mol. The van der Waals surface area contributed by atoms with Crippen molar-refractivity contribution < 1.29 is 4.79 Å². The maximum atomic E-state index is 11.8. The van der Waals surface area contributed by atoms with Gasteiger partial charge in [0.2, 0.25) is 0 Å². The van der Waals surface area contributed by atoms with E-state index in [1.165, 1.54) is 0 Å². The van der Waals surface area contributed by atoms with Gasteiger partial charge in [-0.1, -0.05) is 0 Å². The minimum absolute atomic E-state index is 0.145. The first-order valence-corrected chi connectivity index (χ1v) is 4.61. The summed E-state index contributed by atoms with van der Waals surface area (Å²) < 4.78 is 0. The SMILES string of the molecule is O=C(c1cn[nH]c1)C1CCCNC1. The number of hydrogen-bond acceptors (Lipinski definition) is 3. The van der Waals surface area contributed by atoms with E-state index >= 15 is 0 Å². The molecule has 1 saturated heterocycles. The minimum Gasteiger partial charge on any atom is -0.316 e. The monoisotopic (exact) mass is 179 g/mol. The second-order valence-corrected chi connectivity index (χ2v) is 3.39. The van der Waals surface area contributed by atoms with Crippen LogP contribution in [0.2, 0.25) is 0 Å². The number of nitrogens with zero attached hydrogens (tertiary/aromatic N) is 1. The molecule has 4 nitrogen and oxygen atoms in total. The molecular weight excluding hydrogens is 166 g/mol. The van der Waals surface area contributed by atoms with Crippen LogP contribution < -0.4 is 5.32 Å². The van der Waals surface area contributed by atoms with Gasteiger partial charge in [-0.25, -0.2) is 0 Å². The smallest absolute Gasteiger partial charge is 0.170 e. The molecule has 0 aromatic carbocycles. The van der Waals surface area contributed by atoms with Crippen molar-refractivity contribution in [2.75, 3.05) is 13.1 Å². The van der Waals surface area contributed by atoms with Gasteiger partial charge in [0.1, 0.15) is 0 Å². The number of aromatic nitrogens is 2. The van der Waals surface area contributed by atoms with E-state index in [4.69, 9.17) is 0 Å². The number of ketones is 1. The highest BCUT2D eigenvalue weighted by Gasteiger charge is 2.22. The van der Waals surface area contributed by atoms with E-state index in [0.717, 1.165) is 25.9 Å². The predicted octanol–water partition coefficient (Wildman–Crippen LogP) is 0.592. The largest absolute Gasteiger partial charge is 0.316 e. The van der Waals surface area contributed by atoms with E-state index in [1.807, 2.05) is 0 Å². The molecule has 2 rings (SSSR count). The van der Waals surface area contributed by atoms with E-state index < -0.39 is 0 Å². The fraction of sp³-hybridized carbons (Fsp3) is 0.556. The Labute approximate surface area is 76.7 Å². The van der Waals surface area contributed by atoms with Crippen LogP contribution in [0.15, 0.2) is 12.4 Å². The lowest BCUT2D eigenvalue weighted by Crippen LogP contribution is -2.34. The zero-order chi connectivity index (χ0) is 9.10. The summed E-state index contributed by atoms with van der Waals surface area (Å²) in [6, 6.07) is 0. The van der Waals surface area contributed by atoms with Crippen LogP contribution in [-0.2, 0) is 0 Å². The normalized spacial score (nSPS) is 22.9. The van der Waals surface area contributed by atoms with E-state index in [9.17, 15) is 4.79 Å². The number of carbonyl (C=O) groups is 1. The summed E-state index contributed by atoms with van der Waals surface area (Å²) in [6.07, 6.45) is 5.35. The number of piperidine rings is 1. The molecule has 1 aromatic rings. The Hall–Kier alpha value is -1.16. The Balaban J connectivity index is 2.04. The van der Waals surface area contributed by atoms with Crippen molar-refractivity contribution in [3.05, 3.63) is 18.0 Å². The highest BCUT2D eigenvalue weighted by molar-refractivity contribution is 5.97. The summed E-state index contributed by atoms with van der Waals surface area (Å²) in [6.45, 7) is 1.85. The van der Waals surface area contributed by atoms with Gasteiger partial charge >= 0.3 is 0 Å². The van der Waals surface area contributed by atoms with Crippen molar-refractivity contribution in [2.24, 2.45) is 5.92 Å². The van der Waals surface area contributed by atoms with Crippen molar-refractivity contribution in [2.45, 2.75) is 12.8 Å². The Morgan fingerprint density at radius 2 is 2.54 bits per heavy atom. The zero-order valence-electron chi connectivity index (χ0n) is 7.42. The van der Waals surface area contributed by atoms with Crippen molar-refractivity contribution in [1.29, 1.82) is 0 Å². The molecule has 1 atom stereocenters. The average Bonchev–Trinajstić information content (AvgIpc) is 2.71. The van der Waals surface area contributed by atoms with Gasteiger partial charge in [0.25, 0.3) is 0 Å². The van der Waals surface area contributed by atoms with Gasteiger partial charge in [0, 0.05) is 18.7 Å². The number of aromatic amines is 1. The molecule has 1 unspecified atom stereocenters. The van der Waals surface area contributed by atoms with Crippen LogP contribution in [0.3, 0.4) is 0 Å². The van der Waals surface area contributed by atoms with E-state index in [1.54, 1.807) is 12.4 Å². The lowest BCUT2D eigenvalue weighted by atomic mass is 9.92. The fourth-order valence-electron chi connectivity index (χ4n) is 1.70. The van der Waals surface area contributed by atoms with Crippen LogP contribution in [0.1, 0.15) is 23.2 Å². The zero-order valence-corrected chi connectivity index (χ0v) is 7.42. The van der Waals surface area contributed by atoms with Crippen molar-refractivity contribution in [3.8, 4) is 0 Å². The Morgan fingerprint density at radius 3 is 3.15 bits per heavy atom. The number of Topliss-reactive ketones (excluding diaryl/α,β-unsaturated/α-hetero) is 1. The highest BCUT2D eigenvalue weighted by Crippen LogP contribution is 2.15. The molecule has 70 valence electrons. The number of carbonyl (C=O) groups excluding carboxylic acids is 1. The minimum atomic E-state index is 0.145. The molecule has 1 aliphatic heterocycles. The summed E-state index contributed by atoms with van der Waals surface area (Å²) in [7, 11) is 0. The summed E-state index contributed by atoms with van der Waals surface area (Å²) in [5.41, 5.74) is 0.703. The summed E-state index contributed by atoms with van der Waals surface area (Å²) in [5, 5.41) is 9.66. The van der Waals surface area contributed by atoms with Crippen molar-refractivity contribution in [3.63, 3.8) is 0 Å². The third-order valence-electron chi connectivity index (χ3n) is 2.45. The van der Waals surface area contributed by atoms with Gasteiger partial charge in [0.15, 0.2) is 5.78 Å². The predicted molar refractivity (Wildman–Crippen MR) is 48.5 cm³/mol. The molecular formula is C9H13N3O. The molecule has 0 bridgehead atoms. The van der Waals surface area contributed by atoms with E-state index in [0.29, 0.717) is 5.56 Å².